The Morgan fingerprint density at radius 1 is 1.06 bits per heavy atom. The van der Waals surface area contributed by atoms with E-state index in [9.17, 15) is 9.59 Å². The molecule has 2 nitrogen and oxygen atoms in total. The largest absolute Gasteiger partial charge is 0.299 e. The molecule has 0 amide bonds. The molecule has 0 aromatic heterocycles. The van der Waals surface area contributed by atoms with Crippen LogP contribution in [0, 0.1) is 0 Å². The van der Waals surface area contributed by atoms with Gasteiger partial charge < -0.3 is 0 Å². The van der Waals surface area contributed by atoms with E-state index in [1.165, 1.54) is 5.57 Å². The van der Waals surface area contributed by atoms with Gasteiger partial charge in [0, 0.05) is 6.42 Å². The molecule has 0 unspecified atom stereocenters. The predicted octanol–water partition coefficient (Wildman–Crippen LogP) is 3.78. The Morgan fingerprint density at radius 2 is 1.71 bits per heavy atom. The number of hydrogen-bond acceptors (Lipinski definition) is 2. The summed E-state index contributed by atoms with van der Waals surface area (Å²) in [5, 5.41) is 0. The SMILES string of the molecule is C=C(C)C(=O)CCC(C)=CCCC(C)=CC=O. The predicted molar refractivity (Wildman–Crippen MR) is 71.9 cm³/mol. The molecule has 0 bridgehead atoms. The van der Waals surface area contributed by atoms with Gasteiger partial charge in [-0.2, -0.15) is 0 Å². The number of aldehydes is 1. The third-order valence-corrected chi connectivity index (χ3v) is 2.61. The van der Waals surface area contributed by atoms with Crippen molar-refractivity contribution in [1.29, 1.82) is 0 Å². The molecule has 0 heterocycles. The maximum atomic E-state index is 11.3. The fourth-order valence-electron chi connectivity index (χ4n) is 1.37. The van der Waals surface area contributed by atoms with Crippen molar-refractivity contribution in [1.82, 2.24) is 0 Å². The van der Waals surface area contributed by atoms with Gasteiger partial charge in [-0.15, -0.1) is 0 Å². The van der Waals surface area contributed by atoms with Crippen LogP contribution in [0.1, 0.15) is 46.5 Å². The first kappa shape index (κ1) is 15.6. The van der Waals surface area contributed by atoms with Crippen molar-refractivity contribution in [3.05, 3.63) is 35.5 Å². The Morgan fingerprint density at radius 3 is 2.24 bits per heavy atom. The van der Waals surface area contributed by atoms with Crippen molar-refractivity contribution in [3.63, 3.8) is 0 Å². The zero-order chi connectivity index (χ0) is 13.3. The molecule has 0 radical (unpaired) electrons. The van der Waals surface area contributed by atoms with E-state index < -0.39 is 0 Å². The average molecular weight is 234 g/mol. The molecule has 94 valence electrons. The van der Waals surface area contributed by atoms with Crippen LogP contribution in [0.3, 0.4) is 0 Å². The molecular weight excluding hydrogens is 212 g/mol. The highest BCUT2D eigenvalue weighted by atomic mass is 16.1. The zero-order valence-electron chi connectivity index (χ0n) is 11.1. The molecule has 0 saturated heterocycles. The highest BCUT2D eigenvalue weighted by Gasteiger charge is 2.02. The summed E-state index contributed by atoms with van der Waals surface area (Å²) in [4.78, 5) is 21.6. The van der Waals surface area contributed by atoms with Gasteiger partial charge in [0.2, 0.25) is 0 Å². The number of allylic oxidation sites excluding steroid dienone is 5. The smallest absolute Gasteiger partial charge is 0.158 e. The number of ketones is 1. The van der Waals surface area contributed by atoms with Gasteiger partial charge in [-0.25, -0.2) is 0 Å². The molecule has 0 aromatic rings. The summed E-state index contributed by atoms with van der Waals surface area (Å²) in [6.45, 7) is 9.35. The van der Waals surface area contributed by atoms with Crippen molar-refractivity contribution < 1.29 is 9.59 Å². The van der Waals surface area contributed by atoms with Crippen LogP contribution in [0.15, 0.2) is 35.5 Å². The first-order valence-corrected chi connectivity index (χ1v) is 5.92. The maximum absolute atomic E-state index is 11.3. The number of rotatable bonds is 8. The molecule has 0 aliphatic heterocycles. The van der Waals surface area contributed by atoms with Crippen LogP contribution < -0.4 is 0 Å². The molecule has 2 heteroatoms. The zero-order valence-corrected chi connectivity index (χ0v) is 11.1. The molecule has 0 aliphatic carbocycles. The van der Waals surface area contributed by atoms with Gasteiger partial charge in [0.25, 0.3) is 0 Å². The summed E-state index contributed by atoms with van der Waals surface area (Å²) in [7, 11) is 0. The van der Waals surface area contributed by atoms with Crippen LogP contribution in [0.5, 0.6) is 0 Å². The number of hydrogen-bond donors (Lipinski definition) is 0. The quantitative estimate of drug-likeness (QED) is 0.364. The third kappa shape index (κ3) is 8.38. The monoisotopic (exact) mass is 234 g/mol. The molecule has 17 heavy (non-hydrogen) atoms. The van der Waals surface area contributed by atoms with E-state index in [2.05, 4.69) is 12.7 Å². The minimum absolute atomic E-state index is 0.134. The topological polar surface area (TPSA) is 34.1 Å². The number of carbonyl (C=O) groups excluding carboxylic acids is 2. The lowest BCUT2D eigenvalue weighted by atomic mass is 10.0. The van der Waals surface area contributed by atoms with Gasteiger partial charge in [-0.05, 0) is 51.7 Å². The van der Waals surface area contributed by atoms with E-state index in [0.717, 1.165) is 31.1 Å². The average Bonchev–Trinajstić information content (AvgIpc) is 2.26. The van der Waals surface area contributed by atoms with E-state index in [0.29, 0.717) is 12.0 Å². The molecular formula is C15H22O2. The van der Waals surface area contributed by atoms with Gasteiger partial charge in [0.15, 0.2) is 5.78 Å². The van der Waals surface area contributed by atoms with Gasteiger partial charge in [-0.1, -0.05) is 23.8 Å². The first-order valence-electron chi connectivity index (χ1n) is 5.92. The lowest BCUT2D eigenvalue weighted by Gasteiger charge is -2.02. The second kappa shape index (κ2) is 8.68. The second-order valence-corrected chi connectivity index (χ2v) is 4.44. The molecule has 0 aliphatic rings. The maximum Gasteiger partial charge on any atom is 0.158 e. The molecule has 0 saturated carbocycles. The van der Waals surface area contributed by atoms with E-state index >= 15 is 0 Å². The molecule has 0 spiro atoms. The van der Waals surface area contributed by atoms with Gasteiger partial charge in [0.05, 0.1) is 0 Å². The Bertz CT molecular complexity index is 346. The highest BCUT2D eigenvalue weighted by Crippen LogP contribution is 2.11. The Kier molecular flexibility index (Phi) is 7.95. The van der Waals surface area contributed by atoms with Crippen molar-refractivity contribution in [2.75, 3.05) is 0 Å². The third-order valence-electron chi connectivity index (χ3n) is 2.61. The van der Waals surface area contributed by atoms with Crippen LogP contribution in [-0.4, -0.2) is 12.1 Å². The Balaban J connectivity index is 3.95. The van der Waals surface area contributed by atoms with E-state index in [1.807, 2.05) is 13.8 Å². The van der Waals surface area contributed by atoms with E-state index in [-0.39, 0.29) is 5.78 Å². The number of Topliss-reactive ketones (excluding diaryl/α,β-unsaturated/α-hetero) is 1. The van der Waals surface area contributed by atoms with Crippen LogP contribution in [0.25, 0.3) is 0 Å². The summed E-state index contributed by atoms with van der Waals surface area (Å²) < 4.78 is 0. The van der Waals surface area contributed by atoms with Crippen molar-refractivity contribution in [3.8, 4) is 0 Å². The van der Waals surface area contributed by atoms with Gasteiger partial charge in [-0.3, -0.25) is 9.59 Å². The minimum Gasteiger partial charge on any atom is -0.299 e. The van der Waals surface area contributed by atoms with Crippen LogP contribution >= 0.6 is 0 Å². The van der Waals surface area contributed by atoms with Gasteiger partial charge >= 0.3 is 0 Å². The van der Waals surface area contributed by atoms with E-state index in [1.54, 1.807) is 13.0 Å². The van der Waals surface area contributed by atoms with Crippen LogP contribution in [0.2, 0.25) is 0 Å². The van der Waals surface area contributed by atoms with Crippen molar-refractivity contribution in [2.45, 2.75) is 46.5 Å². The molecule has 0 N–H and O–H groups in total. The summed E-state index contributed by atoms with van der Waals surface area (Å²) in [5.41, 5.74) is 2.93. The minimum atomic E-state index is 0.134. The summed E-state index contributed by atoms with van der Waals surface area (Å²) in [6.07, 6.45) is 7.69. The van der Waals surface area contributed by atoms with Crippen molar-refractivity contribution in [2.24, 2.45) is 0 Å². The Labute approximate surface area is 104 Å². The van der Waals surface area contributed by atoms with Crippen LogP contribution in [-0.2, 0) is 9.59 Å². The highest BCUT2D eigenvalue weighted by molar-refractivity contribution is 5.94. The standard InChI is InChI=1S/C15H22O2/c1-12(2)15(17)9-8-13(3)6-5-7-14(4)10-11-16/h6,10-11H,1,5,7-9H2,2-4H3. The van der Waals surface area contributed by atoms with Crippen molar-refractivity contribution >= 4 is 12.1 Å². The molecule has 0 rings (SSSR count). The summed E-state index contributed by atoms with van der Waals surface area (Å²) in [5.74, 6) is 0.134. The fourth-order valence-corrected chi connectivity index (χ4v) is 1.37. The summed E-state index contributed by atoms with van der Waals surface area (Å²) in [6, 6.07) is 0. The first-order chi connectivity index (χ1) is 7.97. The number of carbonyl (C=O) groups is 2. The van der Waals surface area contributed by atoms with Gasteiger partial charge in [0.1, 0.15) is 6.29 Å². The second-order valence-electron chi connectivity index (χ2n) is 4.44. The lowest BCUT2D eigenvalue weighted by Crippen LogP contribution is -1.98. The molecule has 0 atom stereocenters. The lowest BCUT2D eigenvalue weighted by molar-refractivity contribution is -0.115. The van der Waals surface area contributed by atoms with E-state index in [4.69, 9.17) is 0 Å². The van der Waals surface area contributed by atoms with Crippen LogP contribution in [0.4, 0.5) is 0 Å². The fraction of sp³-hybridized carbons (Fsp3) is 0.467. The normalized spacial score (nSPS) is 12.4. The molecule has 0 aromatic carbocycles. The Hall–Kier alpha value is -1.44. The summed E-state index contributed by atoms with van der Waals surface area (Å²) >= 11 is 0. The molecule has 0 fully saturated rings.